The summed E-state index contributed by atoms with van der Waals surface area (Å²) in [5, 5.41) is 20.5. The molecular weight excluding hydrogens is 404 g/mol. The van der Waals surface area contributed by atoms with Crippen LogP contribution >= 0.6 is 0 Å². The monoisotopic (exact) mass is 436 g/mol. The molecule has 2 atom stereocenters. The van der Waals surface area contributed by atoms with E-state index in [1.807, 2.05) is 13.8 Å². The van der Waals surface area contributed by atoms with E-state index >= 15 is 0 Å². The second kappa shape index (κ2) is 13.6. The van der Waals surface area contributed by atoms with Crippen molar-refractivity contribution in [1.29, 1.82) is 0 Å². The highest BCUT2D eigenvalue weighted by atomic mass is 17.0. The van der Waals surface area contributed by atoms with Gasteiger partial charge in [0, 0.05) is 19.9 Å². The first kappa shape index (κ1) is 27.4. The topological polar surface area (TPSA) is 164 Å². The van der Waals surface area contributed by atoms with Gasteiger partial charge in [0.25, 0.3) is 5.09 Å². The lowest BCUT2D eigenvalue weighted by atomic mass is 9.94. The highest BCUT2D eigenvalue weighted by Crippen LogP contribution is 2.19. The van der Waals surface area contributed by atoms with Crippen LogP contribution in [0.4, 0.5) is 4.79 Å². The van der Waals surface area contributed by atoms with Gasteiger partial charge in [-0.05, 0) is 32.1 Å². The van der Waals surface area contributed by atoms with Gasteiger partial charge in [-0.1, -0.05) is 13.8 Å². The largest absolute Gasteiger partial charge is 0.481 e. The van der Waals surface area contributed by atoms with Crippen molar-refractivity contribution < 1.29 is 43.6 Å². The number of hydrogen-bond acceptors (Lipinski definition) is 9. The number of carboxylic acids is 1. The molecule has 0 saturated heterocycles. The number of ether oxygens (including phenoxy) is 3. The molecule has 12 heteroatoms. The minimum absolute atomic E-state index is 0.0795. The van der Waals surface area contributed by atoms with Crippen LogP contribution in [0.15, 0.2) is 0 Å². The molecule has 0 aliphatic heterocycles. The van der Waals surface area contributed by atoms with E-state index in [4.69, 9.17) is 19.3 Å². The van der Waals surface area contributed by atoms with Crippen LogP contribution in [0.25, 0.3) is 0 Å². The first-order chi connectivity index (χ1) is 13.8. The zero-order valence-corrected chi connectivity index (χ0v) is 18.0. The molecular formula is C18H32N2O10. The van der Waals surface area contributed by atoms with Gasteiger partial charge in [0.15, 0.2) is 0 Å². The Balaban J connectivity index is 4.36. The number of alkyl carbamates (subject to hydrolysis) is 1. The van der Waals surface area contributed by atoms with Crippen molar-refractivity contribution in [2.24, 2.45) is 17.3 Å². The zero-order chi connectivity index (χ0) is 23.3. The number of carboxylic acid groups (broad SMARTS) is 1. The van der Waals surface area contributed by atoms with Gasteiger partial charge in [-0.2, -0.15) is 0 Å². The standard InChI is InChI=1S/C18H32N2O10/c1-12(2)8-14(9-15(21)22)10-19-17(24)30-13(3)29-16(23)18(4,5)11-27-6-7-28-20(25)26/h12-14H,6-11H2,1-5H3,(H,19,24)(H,21,22)/t13?,14-/m0/s1. The third-order valence-electron chi connectivity index (χ3n) is 3.79. The normalized spacial score (nSPS) is 13.3. The van der Waals surface area contributed by atoms with Gasteiger partial charge < -0.3 is 29.5 Å². The summed E-state index contributed by atoms with van der Waals surface area (Å²) >= 11 is 0. The Labute approximate surface area is 175 Å². The number of carbonyl (C=O) groups is 3. The molecule has 0 aliphatic carbocycles. The Morgan fingerprint density at radius 3 is 2.30 bits per heavy atom. The van der Waals surface area contributed by atoms with Gasteiger partial charge in [0.1, 0.15) is 6.61 Å². The summed E-state index contributed by atoms with van der Waals surface area (Å²) in [5.41, 5.74) is -1.09. The predicted octanol–water partition coefficient (Wildman–Crippen LogP) is 1.99. The van der Waals surface area contributed by atoms with Crippen LogP contribution in [0, 0.1) is 27.4 Å². The Bertz CT molecular complexity index is 579. The van der Waals surface area contributed by atoms with Gasteiger partial charge in [0.2, 0.25) is 6.29 Å². The van der Waals surface area contributed by atoms with Crippen molar-refractivity contribution in [3.05, 3.63) is 10.1 Å². The minimum atomic E-state index is -1.18. The summed E-state index contributed by atoms with van der Waals surface area (Å²) < 4.78 is 15.2. The highest BCUT2D eigenvalue weighted by molar-refractivity contribution is 5.76. The predicted molar refractivity (Wildman–Crippen MR) is 103 cm³/mol. The van der Waals surface area contributed by atoms with Crippen molar-refractivity contribution in [2.75, 3.05) is 26.4 Å². The molecule has 0 fully saturated rings. The van der Waals surface area contributed by atoms with Crippen molar-refractivity contribution in [1.82, 2.24) is 5.32 Å². The Morgan fingerprint density at radius 1 is 1.13 bits per heavy atom. The summed E-state index contributed by atoms with van der Waals surface area (Å²) in [4.78, 5) is 49.2. The van der Waals surface area contributed by atoms with Crippen molar-refractivity contribution >= 4 is 18.0 Å². The lowest BCUT2D eigenvalue weighted by Gasteiger charge is -2.25. The summed E-state index contributed by atoms with van der Waals surface area (Å²) in [7, 11) is 0. The zero-order valence-electron chi connectivity index (χ0n) is 18.0. The molecule has 0 saturated carbocycles. The van der Waals surface area contributed by atoms with E-state index in [9.17, 15) is 24.5 Å². The molecule has 0 bridgehead atoms. The average molecular weight is 436 g/mol. The molecule has 1 unspecified atom stereocenters. The second-order valence-electron chi connectivity index (χ2n) is 7.85. The van der Waals surface area contributed by atoms with E-state index in [0.29, 0.717) is 6.42 Å². The molecule has 30 heavy (non-hydrogen) atoms. The number of nitrogens with one attached hydrogen (secondary N) is 1. The van der Waals surface area contributed by atoms with Crippen LogP contribution in [-0.2, 0) is 28.6 Å². The number of esters is 1. The molecule has 1 amide bonds. The van der Waals surface area contributed by atoms with Crippen LogP contribution < -0.4 is 5.32 Å². The molecule has 0 heterocycles. The molecule has 0 aromatic heterocycles. The number of hydrogen-bond donors (Lipinski definition) is 2. The lowest BCUT2D eigenvalue weighted by molar-refractivity contribution is -0.758. The van der Waals surface area contributed by atoms with Crippen LogP contribution in [0.1, 0.15) is 47.5 Å². The van der Waals surface area contributed by atoms with Gasteiger partial charge in [-0.15, -0.1) is 10.1 Å². The summed E-state index contributed by atoms with van der Waals surface area (Å²) in [5.74, 6) is -1.63. The van der Waals surface area contributed by atoms with E-state index in [0.717, 1.165) is 0 Å². The fraction of sp³-hybridized carbons (Fsp3) is 0.833. The van der Waals surface area contributed by atoms with Crippen LogP contribution in [0.2, 0.25) is 0 Å². The van der Waals surface area contributed by atoms with E-state index < -0.39 is 34.8 Å². The van der Waals surface area contributed by atoms with Crippen LogP contribution in [0.5, 0.6) is 0 Å². The molecule has 12 nitrogen and oxygen atoms in total. The quantitative estimate of drug-likeness (QED) is 0.127. The smallest absolute Gasteiger partial charge is 0.410 e. The van der Waals surface area contributed by atoms with Gasteiger partial charge in [0.05, 0.1) is 18.6 Å². The van der Waals surface area contributed by atoms with Crippen molar-refractivity contribution in [2.45, 2.75) is 53.8 Å². The van der Waals surface area contributed by atoms with Gasteiger partial charge in [-0.3, -0.25) is 9.59 Å². The first-order valence-corrected chi connectivity index (χ1v) is 9.56. The Hall–Kier alpha value is -2.63. The maximum absolute atomic E-state index is 12.2. The maximum atomic E-state index is 12.2. The third-order valence-corrected chi connectivity index (χ3v) is 3.79. The lowest BCUT2D eigenvalue weighted by Crippen LogP contribution is -2.38. The summed E-state index contributed by atoms with van der Waals surface area (Å²) in [6, 6.07) is 0. The van der Waals surface area contributed by atoms with Crippen molar-refractivity contribution in [3.63, 3.8) is 0 Å². The van der Waals surface area contributed by atoms with E-state index in [-0.39, 0.29) is 44.6 Å². The first-order valence-electron chi connectivity index (χ1n) is 9.56. The highest BCUT2D eigenvalue weighted by Gasteiger charge is 2.32. The molecule has 0 spiro atoms. The van der Waals surface area contributed by atoms with E-state index in [1.165, 1.54) is 6.92 Å². The molecule has 0 aromatic carbocycles. The van der Waals surface area contributed by atoms with Crippen LogP contribution in [-0.4, -0.2) is 60.9 Å². The number of carbonyl (C=O) groups excluding carboxylic acids is 2. The molecule has 0 aliphatic rings. The summed E-state index contributed by atoms with van der Waals surface area (Å²) in [6.45, 7) is 8.04. The number of rotatable bonds is 15. The Kier molecular flexibility index (Phi) is 12.4. The summed E-state index contributed by atoms with van der Waals surface area (Å²) in [6.07, 6.45) is -1.47. The maximum Gasteiger partial charge on any atom is 0.410 e. The second-order valence-corrected chi connectivity index (χ2v) is 7.85. The van der Waals surface area contributed by atoms with Gasteiger partial charge in [-0.25, -0.2) is 4.79 Å². The van der Waals surface area contributed by atoms with Gasteiger partial charge >= 0.3 is 18.0 Å². The fourth-order valence-electron chi connectivity index (χ4n) is 2.46. The molecule has 0 aromatic rings. The number of nitrogens with zero attached hydrogens (tertiary/aromatic N) is 1. The average Bonchev–Trinajstić information content (AvgIpc) is 2.57. The number of amides is 1. The number of aliphatic carboxylic acids is 1. The SMILES string of the molecule is CC(C)C[C@H](CNC(=O)OC(C)OC(=O)C(C)(C)COCCO[N+](=O)[O-])CC(=O)O. The fourth-order valence-corrected chi connectivity index (χ4v) is 2.46. The molecule has 0 rings (SSSR count). The third kappa shape index (κ3) is 13.5. The van der Waals surface area contributed by atoms with Crippen molar-refractivity contribution in [3.8, 4) is 0 Å². The van der Waals surface area contributed by atoms with E-state index in [1.54, 1.807) is 13.8 Å². The minimum Gasteiger partial charge on any atom is -0.481 e. The van der Waals surface area contributed by atoms with E-state index in [2.05, 4.69) is 10.2 Å². The molecule has 2 N–H and O–H groups in total. The Morgan fingerprint density at radius 2 is 1.77 bits per heavy atom. The molecule has 0 radical (unpaired) electrons. The molecule has 174 valence electrons. The van der Waals surface area contributed by atoms with Crippen LogP contribution in [0.3, 0.4) is 0 Å².